The van der Waals surface area contributed by atoms with Gasteiger partial charge in [-0.05, 0) is 86.6 Å². The molecule has 256 valence electrons. The third kappa shape index (κ3) is 6.97. The molecular weight excluding hydrogens is 653 g/mol. The number of hydrogen-bond acceptors (Lipinski definition) is 9. The second-order valence-corrected chi connectivity index (χ2v) is 13.1. The van der Waals surface area contributed by atoms with Crippen LogP contribution in [0.3, 0.4) is 0 Å². The van der Waals surface area contributed by atoms with E-state index in [1.54, 1.807) is 21.1 Å². The zero-order valence-corrected chi connectivity index (χ0v) is 29.5. The topological polar surface area (TPSA) is 113 Å². The van der Waals surface area contributed by atoms with E-state index in [4.69, 9.17) is 23.9 Å². The molecule has 0 spiro atoms. The first-order valence-electron chi connectivity index (χ1n) is 16.4. The van der Waals surface area contributed by atoms with Crippen molar-refractivity contribution in [1.29, 1.82) is 0 Å². The maximum atomic E-state index is 13.9. The molecule has 5 aromatic rings. The summed E-state index contributed by atoms with van der Waals surface area (Å²) in [6.45, 7) is 5.25. The van der Waals surface area contributed by atoms with Gasteiger partial charge < -0.3 is 24.3 Å². The molecule has 1 N–H and O–H groups in total. The number of esters is 2. The molecule has 1 amide bonds. The largest absolute Gasteiger partial charge is 0.493 e. The maximum absolute atomic E-state index is 13.9. The van der Waals surface area contributed by atoms with Gasteiger partial charge in [0.1, 0.15) is 10.6 Å². The SMILES string of the molecule is CCOC(=O)c1c(NC(=O)COC(=O)c2c3c(nc4ccccc24)C(=Cc2ccc(OC)c(OC)c2)CCC3)sc(C)c1-c1ccc(C)cc1. The number of methoxy groups -OCH3 is 2. The van der Waals surface area contributed by atoms with E-state index in [1.807, 2.05) is 80.6 Å². The van der Waals surface area contributed by atoms with Crippen LogP contribution in [-0.4, -0.2) is 50.3 Å². The van der Waals surface area contributed by atoms with Crippen LogP contribution < -0.4 is 14.8 Å². The summed E-state index contributed by atoms with van der Waals surface area (Å²) in [5.41, 5.74) is 7.38. The van der Waals surface area contributed by atoms with Crippen molar-refractivity contribution in [2.75, 3.05) is 32.8 Å². The molecule has 0 unspecified atom stereocenters. The molecule has 0 saturated heterocycles. The van der Waals surface area contributed by atoms with Crippen molar-refractivity contribution in [1.82, 2.24) is 4.98 Å². The summed E-state index contributed by atoms with van der Waals surface area (Å²) in [7, 11) is 3.19. The van der Waals surface area contributed by atoms with Crippen molar-refractivity contribution < 1.29 is 33.3 Å². The molecule has 2 heterocycles. The molecule has 0 radical (unpaired) electrons. The van der Waals surface area contributed by atoms with Gasteiger partial charge in [0.2, 0.25) is 0 Å². The van der Waals surface area contributed by atoms with Crippen molar-refractivity contribution in [3.05, 3.63) is 105 Å². The maximum Gasteiger partial charge on any atom is 0.341 e. The Hall–Kier alpha value is -5.48. The number of hydrogen-bond donors (Lipinski definition) is 1. The number of benzene rings is 3. The third-order valence-electron chi connectivity index (χ3n) is 8.61. The first-order chi connectivity index (χ1) is 24.2. The number of nitrogens with zero attached hydrogens (tertiary/aromatic N) is 1. The first kappa shape index (κ1) is 34.4. The van der Waals surface area contributed by atoms with Crippen molar-refractivity contribution in [2.45, 2.75) is 40.0 Å². The second kappa shape index (κ2) is 15.0. The molecule has 0 saturated carbocycles. The van der Waals surface area contributed by atoms with Crippen LogP contribution in [0.1, 0.15) is 67.7 Å². The highest BCUT2D eigenvalue weighted by Crippen LogP contribution is 2.41. The van der Waals surface area contributed by atoms with Crippen LogP contribution in [0.2, 0.25) is 0 Å². The molecule has 0 aliphatic heterocycles. The highest BCUT2D eigenvalue weighted by atomic mass is 32.1. The quantitative estimate of drug-likeness (QED) is 0.145. The fourth-order valence-corrected chi connectivity index (χ4v) is 7.40. The van der Waals surface area contributed by atoms with Crippen molar-refractivity contribution in [2.24, 2.45) is 0 Å². The number of thiophene rings is 1. The van der Waals surface area contributed by atoms with Crippen LogP contribution in [0.4, 0.5) is 5.00 Å². The fourth-order valence-electron chi connectivity index (χ4n) is 6.32. The van der Waals surface area contributed by atoms with Gasteiger partial charge in [-0.1, -0.05) is 54.1 Å². The summed E-state index contributed by atoms with van der Waals surface area (Å²) >= 11 is 1.28. The average molecular weight is 691 g/mol. The van der Waals surface area contributed by atoms with Gasteiger partial charge in [-0.3, -0.25) is 4.79 Å². The van der Waals surface area contributed by atoms with Gasteiger partial charge in [0.05, 0.1) is 37.6 Å². The minimum Gasteiger partial charge on any atom is -0.493 e. The Morgan fingerprint density at radius 2 is 1.62 bits per heavy atom. The molecule has 50 heavy (non-hydrogen) atoms. The summed E-state index contributed by atoms with van der Waals surface area (Å²) in [5, 5.41) is 3.81. The summed E-state index contributed by atoms with van der Waals surface area (Å²) in [4.78, 5) is 46.2. The Morgan fingerprint density at radius 1 is 0.880 bits per heavy atom. The van der Waals surface area contributed by atoms with Crippen LogP contribution in [-0.2, 0) is 20.7 Å². The van der Waals surface area contributed by atoms with E-state index in [0.717, 1.165) is 51.2 Å². The van der Waals surface area contributed by atoms with Gasteiger partial charge >= 0.3 is 11.9 Å². The zero-order chi connectivity index (χ0) is 35.4. The monoisotopic (exact) mass is 690 g/mol. The molecule has 0 atom stereocenters. The summed E-state index contributed by atoms with van der Waals surface area (Å²) in [6.07, 6.45) is 4.27. The zero-order valence-electron chi connectivity index (χ0n) is 28.7. The summed E-state index contributed by atoms with van der Waals surface area (Å²) < 4.78 is 22.0. The van der Waals surface area contributed by atoms with Crippen LogP contribution in [0.15, 0.2) is 66.7 Å². The Morgan fingerprint density at radius 3 is 2.36 bits per heavy atom. The lowest BCUT2D eigenvalue weighted by Crippen LogP contribution is -2.23. The molecule has 2 aromatic heterocycles. The minimum atomic E-state index is -0.615. The normalized spacial score (nSPS) is 13.1. The smallest absolute Gasteiger partial charge is 0.341 e. The van der Waals surface area contributed by atoms with Crippen LogP contribution in [0, 0.1) is 13.8 Å². The van der Waals surface area contributed by atoms with E-state index in [0.29, 0.717) is 45.0 Å². The van der Waals surface area contributed by atoms with Crippen LogP contribution >= 0.6 is 11.3 Å². The number of anilines is 1. The fraction of sp³-hybridized carbons (Fsp3) is 0.250. The van der Waals surface area contributed by atoms with E-state index in [-0.39, 0.29) is 12.2 Å². The van der Waals surface area contributed by atoms with Crippen molar-refractivity contribution in [3.8, 4) is 22.6 Å². The highest BCUT2D eigenvalue weighted by Gasteiger charge is 2.28. The van der Waals surface area contributed by atoms with Crippen LogP contribution in [0.25, 0.3) is 33.7 Å². The number of aromatic nitrogens is 1. The Bertz CT molecular complexity index is 2130. The lowest BCUT2D eigenvalue weighted by atomic mass is 9.86. The lowest BCUT2D eigenvalue weighted by Gasteiger charge is -2.22. The Labute approximate surface area is 294 Å². The van der Waals surface area contributed by atoms with E-state index in [2.05, 4.69) is 11.4 Å². The molecule has 10 heteroatoms. The van der Waals surface area contributed by atoms with E-state index >= 15 is 0 Å². The van der Waals surface area contributed by atoms with Gasteiger partial charge in [-0.15, -0.1) is 11.3 Å². The number of carbonyl (C=O) groups is 3. The van der Waals surface area contributed by atoms with E-state index < -0.39 is 24.5 Å². The molecule has 9 nitrogen and oxygen atoms in total. The predicted octanol–water partition coefficient (Wildman–Crippen LogP) is 8.45. The van der Waals surface area contributed by atoms with Crippen molar-refractivity contribution in [3.63, 3.8) is 0 Å². The second-order valence-electron chi connectivity index (χ2n) is 11.9. The number of pyridine rings is 1. The molecule has 1 aliphatic rings. The number of carbonyl (C=O) groups excluding carboxylic acids is 3. The molecule has 6 rings (SSSR count). The number of aryl methyl sites for hydroxylation is 2. The van der Waals surface area contributed by atoms with Gasteiger partial charge in [0.15, 0.2) is 18.1 Å². The first-order valence-corrected chi connectivity index (χ1v) is 17.2. The van der Waals surface area contributed by atoms with Gasteiger partial charge in [0, 0.05) is 15.8 Å². The minimum absolute atomic E-state index is 0.182. The van der Waals surface area contributed by atoms with Crippen molar-refractivity contribution >= 4 is 56.7 Å². The predicted molar refractivity (Wildman–Crippen MR) is 196 cm³/mol. The number of allylic oxidation sites excluding steroid dienone is 1. The standard InChI is InChI=1S/C40H38N2O7S/c1-6-48-40(45)36-34(26-17-14-23(2)15-18-26)24(3)50-38(36)42-33(43)22-49-39(44)35-28-11-7-8-13-30(28)41-37-27(10-9-12-29(35)37)20-25-16-19-31(46-4)32(21-25)47-5/h7-8,11,13-21H,6,9-10,12,22H2,1-5H3,(H,42,43). The molecule has 1 aliphatic carbocycles. The molecule has 0 fully saturated rings. The average Bonchev–Trinajstić information content (AvgIpc) is 3.45. The van der Waals surface area contributed by atoms with Gasteiger partial charge in [-0.2, -0.15) is 0 Å². The van der Waals surface area contributed by atoms with Gasteiger partial charge in [-0.25, -0.2) is 14.6 Å². The van der Waals surface area contributed by atoms with Crippen LogP contribution in [0.5, 0.6) is 11.5 Å². The van der Waals surface area contributed by atoms with E-state index in [9.17, 15) is 14.4 Å². The summed E-state index contributed by atoms with van der Waals surface area (Å²) in [6, 6.07) is 21.0. The highest BCUT2D eigenvalue weighted by molar-refractivity contribution is 7.17. The van der Waals surface area contributed by atoms with E-state index in [1.165, 1.54) is 11.3 Å². The molecule has 3 aromatic carbocycles. The number of para-hydroxylation sites is 1. The number of ether oxygens (including phenoxy) is 4. The number of nitrogens with one attached hydrogen (secondary N) is 1. The number of rotatable bonds is 10. The molecule has 0 bridgehead atoms. The lowest BCUT2D eigenvalue weighted by molar-refractivity contribution is -0.119. The third-order valence-corrected chi connectivity index (χ3v) is 9.63. The number of amides is 1. The molecular formula is C40H38N2O7S. The Kier molecular flexibility index (Phi) is 10.3. The number of fused-ring (bicyclic) bond motifs is 2. The van der Waals surface area contributed by atoms with Gasteiger partial charge in [0.25, 0.3) is 5.91 Å². The Balaban J connectivity index is 1.28. The summed E-state index contributed by atoms with van der Waals surface area (Å²) in [5.74, 6) is -0.468.